The fraction of sp³-hybridized carbons (Fsp3) is 0.273. The average Bonchev–Trinajstić information content (AvgIpc) is 2.59. The maximum absolute atomic E-state index is 9.43. The Bertz CT molecular complexity index is 445. The summed E-state index contributed by atoms with van der Waals surface area (Å²) in [7, 11) is 1.66. The second-order valence-electron chi connectivity index (χ2n) is 3.23. The van der Waals surface area contributed by atoms with E-state index in [1.807, 2.05) is 24.3 Å². The number of fused-ring (bicyclic) bond motifs is 1. The minimum atomic E-state index is -0.390. The molecule has 0 bridgehead atoms. The first-order valence-corrected chi connectivity index (χ1v) is 5.28. The zero-order valence-corrected chi connectivity index (χ0v) is 8.97. The second kappa shape index (κ2) is 3.59. The van der Waals surface area contributed by atoms with Gasteiger partial charge in [-0.05, 0) is 36.6 Å². The first kappa shape index (κ1) is 9.49. The van der Waals surface area contributed by atoms with E-state index in [1.165, 1.54) is 4.70 Å². The predicted octanol–water partition coefficient (Wildman–Crippen LogP) is 2.96. The van der Waals surface area contributed by atoms with Gasteiger partial charge in [-0.1, -0.05) is 0 Å². The van der Waals surface area contributed by atoms with Crippen LogP contribution in [0.25, 0.3) is 10.1 Å². The molecule has 74 valence electrons. The Morgan fingerprint density at radius 2 is 2.14 bits per heavy atom. The monoisotopic (exact) mass is 208 g/mol. The second-order valence-corrected chi connectivity index (χ2v) is 4.34. The van der Waals surface area contributed by atoms with Crippen LogP contribution < -0.4 is 4.74 Å². The van der Waals surface area contributed by atoms with Crippen molar-refractivity contribution in [1.82, 2.24) is 0 Å². The molecule has 0 aliphatic rings. The lowest BCUT2D eigenvalue weighted by Crippen LogP contribution is -1.83. The molecule has 1 atom stereocenters. The number of benzene rings is 1. The van der Waals surface area contributed by atoms with Gasteiger partial charge in [-0.25, -0.2) is 0 Å². The van der Waals surface area contributed by atoms with Gasteiger partial charge in [0.2, 0.25) is 0 Å². The smallest absolute Gasteiger partial charge is 0.119 e. The summed E-state index contributed by atoms with van der Waals surface area (Å²) >= 11 is 1.62. The lowest BCUT2D eigenvalue weighted by molar-refractivity contribution is 0.203. The first-order chi connectivity index (χ1) is 6.70. The molecule has 0 radical (unpaired) electrons. The van der Waals surface area contributed by atoms with Crippen LogP contribution in [0.1, 0.15) is 17.9 Å². The van der Waals surface area contributed by atoms with Crippen molar-refractivity contribution in [3.05, 3.63) is 29.1 Å². The lowest BCUT2D eigenvalue weighted by atomic mass is 10.2. The molecule has 2 nitrogen and oxygen atoms in total. The number of aliphatic hydroxyl groups is 1. The molecule has 1 unspecified atom stereocenters. The highest BCUT2D eigenvalue weighted by molar-refractivity contribution is 7.19. The van der Waals surface area contributed by atoms with E-state index < -0.39 is 6.10 Å². The molecule has 1 aromatic heterocycles. The third-order valence-electron chi connectivity index (χ3n) is 2.15. The van der Waals surface area contributed by atoms with E-state index in [2.05, 4.69) is 0 Å². The number of hydrogen-bond donors (Lipinski definition) is 1. The van der Waals surface area contributed by atoms with Crippen LogP contribution in [0, 0.1) is 0 Å². The molecule has 0 saturated heterocycles. The van der Waals surface area contributed by atoms with Crippen molar-refractivity contribution >= 4 is 21.4 Å². The Balaban J connectivity index is 2.54. The van der Waals surface area contributed by atoms with Gasteiger partial charge in [0, 0.05) is 9.58 Å². The van der Waals surface area contributed by atoms with Crippen LogP contribution in [0.15, 0.2) is 24.3 Å². The van der Waals surface area contributed by atoms with Crippen molar-refractivity contribution < 1.29 is 9.84 Å². The largest absolute Gasteiger partial charge is 0.497 e. The average molecular weight is 208 g/mol. The summed E-state index contributed by atoms with van der Waals surface area (Å²) in [5.74, 6) is 0.854. The molecule has 0 aliphatic carbocycles. The number of thiophene rings is 1. The van der Waals surface area contributed by atoms with Crippen molar-refractivity contribution in [1.29, 1.82) is 0 Å². The van der Waals surface area contributed by atoms with Crippen LogP contribution in [0.2, 0.25) is 0 Å². The molecule has 0 saturated carbocycles. The van der Waals surface area contributed by atoms with Crippen molar-refractivity contribution in [2.45, 2.75) is 13.0 Å². The molecule has 3 heteroatoms. The molecular formula is C11H12O2S. The maximum Gasteiger partial charge on any atom is 0.119 e. The van der Waals surface area contributed by atoms with E-state index in [0.717, 1.165) is 16.0 Å². The third kappa shape index (κ3) is 1.61. The van der Waals surface area contributed by atoms with E-state index >= 15 is 0 Å². The Morgan fingerprint density at radius 1 is 1.36 bits per heavy atom. The van der Waals surface area contributed by atoms with Crippen molar-refractivity contribution in [2.24, 2.45) is 0 Å². The summed E-state index contributed by atoms with van der Waals surface area (Å²) in [6.07, 6.45) is -0.390. The van der Waals surface area contributed by atoms with Gasteiger partial charge in [-0.3, -0.25) is 0 Å². The Labute approximate surface area is 86.8 Å². The van der Waals surface area contributed by atoms with E-state index in [4.69, 9.17) is 4.74 Å². The van der Waals surface area contributed by atoms with Gasteiger partial charge in [0.15, 0.2) is 0 Å². The minimum Gasteiger partial charge on any atom is -0.497 e. The van der Waals surface area contributed by atoms with Crippen molar-refractivity contribution in [3.8, 4) is 5.75 Å². The summed E-state index contributed by atoms with van der Waals surface area (Å²) in [5, 5.41) is 10.6. The highest BCUT2D eigenvalue weighted by atomic mass is 32.1. The summed E-state index contributed by atoms with van der Waals surface area (Å²) in [6, 6.07) is 7.94. The molecule has 1 aromatic carbocycles. The van der Waals surface area contributed by atoms with Gasteiger partial charge in [-0.2, -0.15) is 0 Å². The summed E-state index contributed by atoms with van der Waals surface area (Å²) in [6.45, 7) is 1.78. The molecular weight excluding hydrogens is 196 g/mol. The van der Waals surface area contributed by atoms with Crippen molar-refractivity contribution in [3.63, 3.8) is 0 Å². The van der Waals surface area contributed by atoms with Crippen LogP contribution in [0.3, 0.4) is 0 Å². The van der Waals surface area contributed by atoms with Crippen LogP contribution in [0.5, 0.6) is 5.75 Å². The first-order valence-electron chi connectivity index (χ1n) is 4.46. The van der Waals surface area contributed by atoms with E-state index in [0.29, 0.717) is 0 Å². The standard InChI is InChI=1S/C11H12O2S/c1-7(12)11-6-8-5-9(13-2)3-4-10(8)14-11/h3-7,12H,1-2H3. The van der Waals surface area contributed by atoms with Gasteiger partial charge in [0.05, 0.1) is 13.2 Å². The van der Waals surface area contributed by atoms with Crippen LogP contribution in [-0.2, 0) is 0 Å². The van der Waals surface area contributed by atoms with Gasteiger partial charge in [-0.15, -0.1) is 11.3 Å². The molecule has 2 aromatic rings. The summed E-state index contributed by atoms with van der Waals surface area (Å²) in [5.41, 5.74) is 0. The number of ether oxygens (including phenoxy) is 1. The molecule has 2 rings (SSSR count). The third-order valence-corrected chi connectivity index (χ3v) is 3.44. The molecule has 0 aliphatic heterocycles. The molecule has 0 amide bonds. The highest BCUT2D eigenvalue weighted by Crippen LogP contribution is 2.31. The Kier molecular flexibility index (Phi) is 2.44. The normalized spacial score (nSPS) is 13.1. The van der Waals surface area contributed by atoms with E-state index in [1.54, 1.807) is 25.4 Å². The number of hydrogen-bond acceptors (Lipinski definition) is 3. The predicted molar refractivity (Wildman–Crippen MR) is 59.0 cm³/mol. The van der Waals surface area contributed by atoms with Gasteiger partial charge in [0.25, 0.3) is 0 Å². The van der Waals surface area contributed by atoms with E-state index in [9.17, 15) is 5.11 Å². The molecule has 1 heterocycles. The molecule has 14 heavy (non-hydrogen) atoms. The van der Waals surface area contributed by atoms with E-state index in [-0.39, 0.29) is 0 Å². The Hall–Kier alpha value is -1.06. The Morgan fingerprint density at radius 3 is 2.79 bits per heavy atom. The highest BCUT2D eigenvalue weighted by Gasteiger charge is 2.06. The maximum atomic E-state index is 9.43. The van der Waals surface area contributed by atoms with Crippen LogP contribution >= 0.6 is 11.3 Å². The van der Waals surface area contributed by atoms with Gasteiger partial charge < -0.3 is 9.84 Å². The molecule has 0 spiro atoms. The number of methoxy groups -OCH3 is 1. The molecule has 1 N–H and O–H groups in total. The zero-order chi connectivity index (χ0) is 10.1. The van der Waals surface area contributed by atoms with Gasteiger partial charge in [0.1, 0.15) is 5.75 Å². The minimum absolute atomic E-state index is 0.390. The van der Waals surface area contributed by atoms with Crippen LogP contribution in [0.4, 0.5) is 0 Å². The quantitative estimate of drug-likeness (QED) is 0.822. The SMILES string of the molecule is COc1ccc2sc(C(C)O)cc2c1. The number of aliphatic hydroxyl groups excluding tert-OH is 1. The summed E-state index contributed by atoms with van der Waals surface area (Å²) in [4.78, 5) is 0.994. The fourth-order valence-corrected chi connectivity index (χ4v) is 2.36. The zero-order valence-electron chi connectivity index (χ0n) is 8.15. The topological polar surface area (TPSA) is 29.5 Å². The van der Waals surface area contributed by atoms with Crippen molar-refractivity contribution in [2.75, 3.05) is 7.11 Å². The molecule has 0 fully saturated rings. The van der Waals surface area contributed by atoms with Crippen LogP contribution in [-0.4, -0.2) is 12.2 Å². The van der Waals surface area contributed by atoms with Gasteiger partial charge >= 0.3 is 0 Å². The lowest BCUT2D eigenvalue weighted by Gasteiger charge is -1.97. The summed E-state index contributed by atoms with van der Waals surface area (Å²) < 4.78 is 6.32. The fourth-order valence-electron chi connectivity index (χ4n) is 1.37. The number of rotatable bonds is 2.